The molecule has 4 rings (SSSR count). The van der Waals surface area contributed by atoms with E-state index in [0.29, 0.717) is 19.0 Å². The smallest absolute Gasteiger partial charge is 0.326 e. The van der Waals surface area contributed by atoms with Crippen LogP contribution in [-0.2, 0) is 14.4 Å². The van der Waals surface area contributed by atoms with Crippen LogP contribution in [0.2, 0.25) is 0 Å². The topological polar surface area (TPSA) is 98.7 Å². The first-order chi connectivity index (χ1) is 17.8. The zero-order valence-corrected chi connectivity index (χ0v) is 21.4. The molecule has 2 unspecified atom stereocenters. The molecule has 1 aliphatic rings. The van der Waals surface area contributed by atoms with Gasteiger partial charge < -0.3 is 20.6 Å². The van der Waals surface area contributed by atoms with Crippen molar-refractivity contribution in [3.63, 3.8) is 0 Å². The summed E-state index contributed by atoms with van der Waals surface area (Å²) < 4.78 is 0. The Kier molecular flexibility index (Phi) is 8.56. The first kappa shape index (κ1) is 26.4. The summed E-state index contributed by atoms with van der Waals surface area (Å²) in [6.45, 7) is 5.32. The Morgan fingerprint density at radius 3 is 2.43 bits per heavy atom. The van der Waals surface area contributed by atoms with Gasteiger partial charge in [0, 0.05) is 32.0 Å². The first-order valence-corrected chi connectivity index (χ1v) is 12.9. The molecule has 2 amide bonds. The average Bonchev–Trinajstić information content (AvgIpc) is 2.91. The number of carbonyl (C=O) groups is 3. The van der Waals surface area contributed by atoms with Crippen LogP contribution in [0, 0.1) is 5.92 Å². The summed E-state index contributed by atoms with van der Waals surface area (Å²) in [5, 5.41) is 18.0. The van der Waals surface area contributed by atoms with Crippen molar-refractivity contribution in [2.75, 3.05) is 19.6 Å². The molecule has 37 heavy (non-hydrogen) atoms. The van der Waals surface area contributed by atoms with Gasteiger partial charge in [-0.2, -0.15) is 0 Å². The Balaban J connectivity index is 1.46. The molecule has 1 fully saturated rings. The van der Waals surface area contributed by atoms with Crippen molar-refractivity contribution < 1.29 is 19.5 Å². The predicted molar refractivity (Wildman–Crippen MR) is 144 cm³/mol. The fourth-order valence-electron chi connectivity index (χ4n) is 5.36. The van der Waals surface area contributed by atoms with Crippen LogP contribution in [0.1, 0.15) is 49.8 Å². The van der Waals surface area contributed by atoms with Crippen molar-refractivity contribution in [2.24, 2.45) is 5.92 Å². The Bertz CT molecular complexity index is 1240. The van der Waals surface area contributed by atoms with Crippen molar-refractivity contribution >= 4 is 28.6 Å². The van der Waals surface area contributed by atoms with Gasteiger partial charge in [0.15, 0.2) is 0 Å². The number of amides is 2. The molecule has 194 valence electrons. The van der Waals surface area contributed by atoms with Crippen LogP contribution in [0.15, 0.2) is 72.8 Å². The van der Waals surface area contributed by atoms with E-state index >= 15 is 0 Å². The van der Waals surface area contributed by atoms with Gasteiger partial charge in [-0.05, 0) is 47.7 Å². The normalized spacial score (nSPS) is 19.2. The van der Waals surface area contributed by atoms with Crippen LogP contribution in [0.5, 0.6) is 0 Å². The number of carboxylic acids is 1. The maximum absolute atomic E-state index is 13.0. The van der Waals surface area contributed by atoms with E-state index in [4.69, 9.17) is 0 Å². The molecule has 3 aromatic rings. The Hall–Kier alpha value is -3.71. The molecule has 0 aliphatic carbocycles. The number of carboxylic acid groups (broad SMARTS) is 1. The molecule has 1 aliphatic heterocycles. The molecule has 7 nitrogen and oxygen atoms in total. The summed E-state index contributed by atoms with van der Waals surface area (Å²) in [4.78, 5) is 37.7. The lowest BCUT2D eigenvalue weighted by Crippen LogP contribution is -2.49. The third kappa shape index (κ3) is 6.54. The highest BCUT2D eigenvalue weighted by atomic mass is 16.4. The van der Waals surface area contributed by atoms with Gasteiger partial charge in [-0.1, -0.05) is 72.8 Å². The Morgan fingerprint density at radius 1 is 1.00 bits per heavy atom. The van der Waals surface area contributed by atoms with Crippen molar-refractivity contribution in [3.8, 4) is 0 Å². The van der Waals surface area contributed by atoms with Crippen LogP contribution in [0.3, 0.4) is 0 Å². The fraction of sp³-hybridized carbons (Fsp3) is 0.367. The monoisotopic (exact) mass is 501 g/mol. The molecule has 1 heterocycles. The van der Waals surface area contributed by atoms with Crippen LogP contribution >= 0.6 is 0 Å². The van der Waals surface area contributed by atoms with Crippen LogP contribution in [0.25, 0.3) is 10.8 Å². The van der Waals surface area contributed by atoms with E-state index in [1.165, 1.54) is 28.8 Å². The maximum Gasteiger partial charge on any atom is 0.326 e. The van der Waals surface area contributed by atoms with Crippen molar-refractivity contribution in [3.05, 3.63) is 83.9 Å². The molecule has 4 atom stereocenters. The molecule has 0 radical (unpaired) electrons. The number of benzene rings is 3. The summed E-state index contributed by atoms with van der Waals surface area (Å²) in [6.07, 6.45) is 0.551. The Morgan fingerprint density at radius 2 is 1.70 bits per heavy atom. The molecular weight excluding hydrogens is 466 g/mol. The molecule has 3 aromatic carbocycles. The molecule has 0 aromatic heterocycles. The molecule has 7 heteroatoms. The van der Waals surface area contributed by atoms with E-state index in [0.717, 1.165) is 13.0 Å². The van der Waals surface area contributed by atoms with E-state index in [1.54, 1.807) is 4.90 Å². The van der Waals surface area contributed by atoms with Gasteiger partial charge in [-0.15, -0.1) is 0 Å². The van der Waals surface area contributed by atoms with E-state index in [-0.39, 0.29) is 24.3 Å². The van der Waals surface area contributed by atoms with E-state index in [1.807, 2.05) is 18.2 Å². The highest BCUT2D eigenvalue weighted by molar-refractivity contribution is 5.88. The van der Waals surface area contributed by atoms with Gasteiger partial charge in [-0.3, -0.25) is 9.59 Å². The van der Waals surface area contributed by atoms with E-state index in [2.05, 4.69) is 72.2 Å². The zero-order valence-electron chi connectivity index (χ0n) is 21.4. The number of nitrogens with zero attached hydrogens (tertiary/aromatic N) is 1. The number of rotatable bonds is 9. The summed E-state index contributed by atoms with van der Waals surface area (Å²) in [6, 6.07) is 23.9. The lowest BCUT2D eigenvalue weighted by molar-refractivity contribution is -0.145. The van der Waals surface area contributed by atoms with Crippen molar-refractivity contribution in [2.45, 2.75) is 44.7 Å². The van der Waals surface area contributed by atoms with Crippen molar-refractivity contribution in [1.82, 2.24) is 15.5 Å². The minimum atomic E-state index is -1.22. The highest BCUT2D eigenvalue weighted by Crippen LogP contribution is 2.33. The fourth-order valence-corrected chi connectivity index (χ4v) is 5.36. The second kappa shape index (κ2) is 12.0. The first-order valence-electron chi connectivity index (χ1n) is 12.9. The third-order valence-electron chi connectivity index (χ3n) is 7.37. The van der Waals surface area contributed by atoms with Gasteiger partial charge in [0.2, 0.25) is 11.8 Å². The van der Waals surface area contributed by atoms with E-state index < -0.39 is 17.9 Å². The van der Waals surface area contributed by atoms with Crippen LogP contribution < -0.4 is 10.6 Å². The molecule has 0 saturated carbocycles. The van der Waals surface area contributed by atoms with Gasteiger partial charge in [0.25, 0.3) is 0 Å². The Labute approximate surface area is 217 Å². The number of carbonyl (C=O) groups excluding carboxylic acids is 2. The van der Waals surface area contributed by atoms with Crippen LogP contribution in [-0.4, -0.2) is 53.5 Å². The molecule has 0 bridgehead atoms. The lowest BCUT2D eigenvalue weighted by Gasteiger charge is -2.40. The van der Waals surface area contributed by atoms with Crippen LogP contribution in [0.4, 0.5) is 0 Å². The van der Waals surface area contributed by atoms with Gasteiger partial charge in [0.1, 0.15) is 6.04 Å². The average molecular weight is 502 g/mol. The quantitative estimate of drug-likeness (QED) is 0.410. The SMILES string of the molecule is CC(=O)N[C@@H](CC(=O)N1CCC(CN[C@H](C)c2cccc3ccccc23)C(c2ccccc2)C1)C(=O)O. The number of hydrogen-bond donors (Lipinski definition) is 3. The maximum atomic E-state index is 13.0. The number of nitrogens with one attached hydrogen (secondary N) is 2. The standard InChI is InChI=1S/C30H35N3O4/c1-20(25-14-8-12-22-11-6-7-13-26(22)25)31-18-24-15-16-33(19-27(24)23-9-4-3-5-10-23)29(35)17-28(30(36)37)32-21(2)34/h3-14,20,24,27-28,31H,15-19H2,1-2H3,(H,32,34)(H,36,37)/t20-,24?,27?,28+/m1/s1. The molecule has 0 spiro atoms. The number of hydrogen-bond acceptors (Lipinski definition) is 4. The number of piperidine rings is 1. The number of likely N-dealkylation sites (tertiary alicyclic amines) is 1. The minimum absolute atomic E-state index is 0.121. The van der Waals surface area contributed by atoms with Gasteiger partial charge in [-0.25, -0.2) is 4.79 Å². The highest BCUT2D eigenvalue weighted by Gasteiger charge is 2.34. The molecule has 3 N–H and O–H groups in total. The summed E-state index contributed by atoms with van der Waals surface area (Å²) in [7, 11) is 0. The summed E-state index contributed by atoms with van der Waals surface area (Å²) in [5.41, 5.74) is 2.43. The van der Waals surface area contributed by atoms with E-state index in [9.17, 15) is 19.5 Å². The summed E-state index contributed by atoms with van der Waals surface area (Å²) in [5.74, 6) is -1.49. The second-order valence-electron chi connectivity index (χ2n) is 9.90. The molecule has 1 saturated heterocycles. The summed E-state index contributed by atoms with van der Waals surface area (Å²) >= 11 is 0. The number of fused-ring (bicyclic) bond motifs is 1. The third-order valence-corrected chi connectivity index (χ3v) is 7.37. The molecular formula is C30H35N3O4. The van der Waals surface area contributed by atoms with Gasteiger partial charge in [0.05, 0.1) is 6.42 Å². The largest absolute Gasteiger partial charge is 0.480 e. The second-order valence-corrected chi connectivity index (χ2v) is 9.90. The minimum Gasteiger partial charge on any atom is -0.480 e. The zero-order chi connectivity index (χ0) is 26.4. The lowest BCUT2D eigenvalue weighted by atomic mass is 9.80. The number of aliphatic carboxylic acids is 1. The predicted octanol–water partition coefficient (Wildman–Crippen LogP) is 4.10. The van der Waals surface area contributed by atoms with Crippen molar-refractivity contribution in [1.29, 1.82) is 0 Å². The van der Waals surface area contributed by atoms with Gasteiger partial charge >= 0.3 is 5.97 Å².